The normalized spacial score (nSPS) is 11.0. The van der Waals surface area contributed by atoms with Gasteiger partial charge in [-0.05, 0) is 29.8 Å². The number of aromatic amines is 1. The Morgan fingerprint density at radius 3 is 2.61 bits per heavy atom. The summed E-state index contributed by atoms with van der Waals surface area (Å²) in [5.41, 5.74) is 6.69. The van der Waals surface area contributed by atoms with Gasteiger partial charge in [0.1, 0.15) is 5.82 Å². The number of rotatable bonds is 3. The van der Waals surface area contributed by atoms with Crippen LogP contribution < -0.4 is 5.73 Å². The summed E-state index contributed by atoms with van der Waals surface area (Å²) >= 11 is 5.84. The summed E-state index contributed by atoms with van der Waals surface area (Å²) in [6, 6.07) is 6.93. The maximum atomic E-state index is 13.7. The molecule has 0 saturated heterocycles. The zero-order valence-electron chi connectivity index (χ0n) is 11.6. The first kappa shape index (κ1) is 15.4. The van der Waals surface area contributed by atoms with Crippen LogP contribution in [0.15, 0.2) is 30.3 Å². The minimum atomic E-state index is -1.51. The van der Waals surface area contributed by atoms with Gasteiger partial charge in [-0.25, -0.2) is 18.2 Å². The van der Waals surface area contributed by atoms with Crippen molar-refractivity contribution < 1.29 is 13.2 Å². The fourth-order valence-electron chi connectivity index (χ4n) is 2.07. The summed E-state index contributed by atoms with van der Waals surface area (Å²) in [5, 5.41) is 7.04. The van der Waals surface area contributed by atoms with E-state index in [-0.39, 0.29) is 12.0 Å². The van der Waals surface area contributed by atoms with Gasteiger partial charge in [0, 0.05) is 12.0 Å². The number of hydrogen-bond donors (Lipinski definition) is 2. The number of anilines is 1. The van der Waals surface area contributed by atoms with E-state index in [0.717, 1.165) is 12.1 Å². The number of H-pyrrole nitrogens is 1. The number of nitrogen functional groups attached to an aromatic ring is 1. The molecule has 0 aliphatic heterocycles. The van der Waals surface area contributed by atoms with E-state index in [1.54, 1.807) is 18.2 Å². The zero-order chi connectivity index (χ0) is 16.6. The summed E-state index contributed by atoms with van der Waals surface area (Å²) < 4.78 is 39.8. The van der Waals surface area contributed by atoms with E-state index < -0.39 is 17.5 Å². The van der Waals surface area contributed by atoms with Crippen LogP contribution in [0.25, 0.3) is 11.4 Å². The fraction of sp³-hybridized carbons (Fsp3) is 0.0667. The largest absolute Gasteiger partial charge is 0.398 e. The van der Waals surface area contributed by atoms with Crippen molar-refractivity contribution in [2.45, 2.75) is 6.42 Å². The predicted octanol–water partition coefficient (Wildman–Crippen LogP) is 3.72. The molecule has 0 spiro atoms. The standard InChI is InChI=1S/C15H10ClF3N4/c16-9-3-1-8(5-11(9)20)15-21-12(22-23-15)6-7-2-4-10(17)14(19)13(7)18/h1-5H,6,20H2,(H,21,22,23). The number of aromatic nitrogens is 3. The molecular formula is C15H10ClF3N4. The molecule has 118 valence electrons. The molecule has 1 aromatic heterocycles. The zero-order valence-corrected chi connectivity index (χ0v) is 12.3. The highest BCUT2D eigenvalue weighted by atomic mass is 35.5. The Labute approximate surface area is 134 Å². The number of nitrogens with one attached hydrogen (secondary N) is 1. The average Bonchev–Trinajstić information content (AvgIpc) is 2.99. The molecule has 23 heavy (non-hydrogen) atoms. The van der Waals surface area contributed by atoms with E-state index >= 15 is 0 Å². The summed E-state index contributed by atoms with van der Waals surface area (Å²) in [4.78, 5) is 4.19. The van der Waals surface area contributed by atoms with E-state index in [1.165, 1.54) is 0 Å². The topological polar surface area (TPSA) is 67.6 Å². The van der Waals surface area contributed by atoms with E-state index in [1.807, 2.05) is 0 Å². The van der Waals surface area contributed by atoms with Crippen LogP contribution in [0.2, 0.25) is 5.02 Å². The third-order valence-corrected chi connectivity index (χ3v) is 3.60. The van der Waals surface area contributed by atoms with Crippen molar-refractivity contribution in [1.29, 1.82) is 0 Å². The smallest absolute Gasteiger partial charge is 0.194 e. The van der Waals surface area contributed by atoms with Gasteiger partial charge in [-0.1, -0.05) is 17.7 Å². The van der Waals surface area contributed by atoms with E-state index in [2.05, 4.69) is 15.2 Å². The molecule has 4 nitrogen and oxygen atoms in total. The van der Waals surface area contributed by atoms with Crippen molar-refractivity contribution in [3.05, 3.63) is 64.2 Å². The minimum absolute atomic E-state index is 0.0257. The van der Waals surface area contributed by atoms with Crippen molar-refractivity contribution in [3.63, 3.8) is 0 Å². The number of hydrogen-bond acceptors (Lipinski definition) is 3. The second-order valence-electron chi connectivity index (χ2n) is 4.85. The number of nitrogens with zero attached hydrogens (tertiary/aromatic N) is 2. The van der Waals surface area contributed by atoms with Gasteiger partial charge in [0.05, 0.1) is 10.7 Å². The van der Waals surface area contributed by atoms with Crippen molar-refractivity contribution in [1.82, 2.24) is 15.2 Å². The van der Waals surface area contributed by atoms with Gasteiger partial charge in [-0.15, -0.1) is 0 Å². The van der Waals surface area contributed by atoms with Gasteiger partial charge in [-0.3, -0.25) is 5.10 Å². The highest BCUT2D eigenvalue weighted by Gasteiger charge is 2.15. The van der Waals surface area contributed by atoms with Gasteiger partial charge in [-0.2, -0.15) is 5.10 Å². The highest BCUT2D eigenvalue weighted by Crippen LogP contribution is 2.25. The molecule has 3 aromatic rings. The molecule has 0 aliphatic rings. The maximum Gasteiger partial charge on any atom is 0.194 e. The van der Waals surface area contributed by atoms with Crippen molar-refractivity contribution in [2.24, 2.45) is 0 Å². The Hall–Kier alpha value is -2.54. The molecule has 8 heteroatoms. The predicted molar refractivity (Wildman–Crippen MR) is 80.4 cm³/mol. The lowest BCUT2D eigenvalue weighted by molar-refractivity contribution is 0.441. The third-order valence-electron chi connectivity index (χ3n) is 3.26. The van der Waals surface area contributed by atoms with Crippen LogP contribution in [0.5, 0.6) is 0 Å². The Kier molecular flexibility index (Phi) is 3.96. The van der Waals surface area contributed by atoms with Gasteiger partial charge in [0.25, 0.3) is 0 Å². The molecule has 0 amide bonds. The monoisotopic (exact) mass is 338 g/mol. The van der Waals surface area contributed by atoms with Crippen LogP contribution in [0.4, 0.5) is 18.9 Å². The van der Waals surface area contributed by atoms with Gasteiger partial charge < -0.3 is 5.73 Å². The number of halogens is 4. The lowest BCUT2D eigenvalue weighted by atomic mass is 10.1. The molecule has 0 unspecified atom stereocenters. The molecular weight excluding hydrogens is 329 g/mol. The first-order chi connectivity index (χ1) is 11.0. The first-order valence-corrected chi connectivity index (χ1v) is 6.92. The lowest BCUT2D eigenvalue weighted by Crippen LogP contribution is -2.00. The van der Waals surface area contributed by atoms with Crippen LogP contribution in [0, 0.1) is 17.5 Å². The Bertz CT molecular complexity index is 879. The van der Waals surface area contributed by atoms with Crippen LogP contribution >= 0.6 is 11.6 Å². The minimum Gasteiger partial charge on any atom is -0.398 e. The SMILES string of the molecule is Nc1cc(-c2n[nH]c(Cc3ccc(F)c(F)c3F)n2)ccc1Cl. The molecule has 3 N–H and O–H groups in total. The van der Waals surface area contributed by atoms with E-state index in [4.69, 9.17) is 17.3 Å². The quantitative estimate of drug-likeness (QED) is 0.565. The van der Waals surface area contributed by atoms with Crippen LogP contribution in [0.3, 0.4) is 0 Å². The lowest BCUT2D eigenvalue weighted by Gasteiger charge is -2.02. The summed E-state index contributed by atoms with van der Waals surface area (Å²) in [6.45, 7) is 0. The molecule has 0 aliphatic carbocycles. The summed E-state index contributed by atoms with van der Waals surface area (Å²) in [5.74, 6) is -3.34. The molecule has 0 bridgehead atoms. The molecule has 0 fully saturated rings. The summed E-state index contributed by atoms with van der Waals surface area (Å²) in [7, 11) is 0. The van der Waals surface area contributed by atoms with Crippen LogP contribution in [0.1, 0.15) is 11.4 Å². The average molecular weight is 339 g/mol. The fourth-order valence-corrected chi connectivity index (χ4v) is 2.19. The Morgan fingerprint density at radius 1 is 1.09 bits per heavy atom. The summed E-state index contributed by atoms with van der Waals surface area (Å²) in [6.07, 6.45) is -0.0564. The molecule has 0 saturated carbocycles. The van der Waals surface area contributed by atoms with Crippen molar-refractivity contribution in [3.8, 4) is 11.4 Å². The van der Waals surface area contributed by atoms with Crippen molar-refractivity contribution >= 4 is 17.3 Å². The van der Waals surface area contributed by atoms with E-state index in [9.17, 15) is 13.2 Å². The number of benzene rings is 2. The molecule has 2 aromatic carbocycles. The van der Waals surface area contributed by atoms with Crippen LogP contribution in [-0.4, -0.2) is 15.2 Å². The van der Waals surface area contributed by atoms with Gasteiger partial charge in [0.2, 0.25) is 0 Å². The van der Waals surface area contributed by atoms with Gasteiger partial charge in [0.15, 0.2) is 23.3 Å². The second kappa shape index (κ2) is 5.92. The van der Waals surface area contributed by atoms with Gasteiger partial charge >= 0.3 is 0 Å². The van der Waals surface area contributed by atoms with Crippen LogP contribution in [-0.2, 0) is 6.42 Å². The Balaban J connectivity index is 1.88. The molecule has 1 heterocycles. The third kappa shape index (κ3) is 3.00. The maximum absolute atomic E-state index is 13.7. The molecule has 3 rings (SSSR count). The highest BCUT2D eigenvalue weighted by molar-refractivity contribution is 6.33. The van der Waals surface area contributed by atoms with Crippen molar-refractivity contribution in [2.75, 3.05) is 5.73 Å². The first-order valence-electron chi connectivity index (χ1n) is 6.54. The Morgan fingerprint density at radius 2 is 1.87 bits per heavy atom. The molecule has 0 atom stereocenters. The number of nitrogens with two attached hydrogens (primary N) is 1. The molecule has 0 radical (unpaired) electrons. The van der Waals surface area contributed by atoms with E-state index in [0.29, 0.717) is 27.9 Å². The second-order valence-corrected chi connectivity index (χ2v) is 5.26.